The maximum Gasteiger partial charge on any atom is 1.00 e. The van der Waals surface area contributed by atoms with Crippen LogP contribution < -0.4 is 44.1 Å². The summed E-state index contributed by atoms with van der Waals surface area (Å²) in [5.74, 6) is -0.749. The van der Waals surface area contributed by atoms with Crippen LogP contribution in [0.4, 0.5) is 0 Å². The summed E-state index contributed by atoms with van der Waals surface area (Å²) in [6.45, 7) is 0. The third kappa shape index (κ3) is 4.50. The Hall–Kier alpha value is -0.990. The van der Waals surface area contributed by atoms with Crippen LogP contribution in [0.5, 0.6) is 11.8 Å². The fraction of sp³-hybridized carbons (Fsp3) is 0.154. The van der Waals surface area contributed by atoms with Crippen molar-refractivity contribution >= 4 is 29.3 Å². The maximum absolute atomic E-state index is 11.2. The number of ether oxygens (including phenoxy) is 2. The van der Waals surface area contributed by atoms with Crippen LogP contribution in [-0.4, -0.2) is 30.2 Å². The molecule has 110 valence electrons. The Kier molecular flexibility index (Phi) is 7.44. The summed E-state index contributed by atoms with van der Waals surface area (Å²) in [4.78, 5) is 19.8. The number of hydrogen-bond donors (Lipinski definition) is 0. The van der Waals surface area contributed by atoms with Crippen LogP contribution in [0.2, 0.25) is 5.02 Å². The minimum atomic E-state index is -1.36. The zero-order valence-electron chi connectivity index (χ0n) is 12.1. The van der Waals surface area contributed by atoms with Gasteiger partial charge >= 0.3 is 29.6 Å². The van der Waals surface area contributed by atoms with E-state index in [-0.39, 0.29) is 45.3 Å². The van der Waals surface area contributed by atoms with Crippen LogP contribution in [0.25, 0.3) is 0 Å². The monoisotopic (exact) mass is 348 g/mol. The largest absolute Gasteiger partial charge is 1.00 e. The van der Waals surface area contributed by atoms with E-state index in [9.17, 15) is 9.90 Å². The smallest absolute Gasteiger partial charge is 0.545 e. The second-order valence-corrected chi connectivity index (χ2v) is 5.15. The molecule has 0 aliphatic heterocycles. The number of nitrogens with zero attached hydrogens (tertiary/aromatic N) is 2. The topological polar surface area (TPSA) is 84.4 Å². The summed E-state index contributed by atoms with van der Waals surface area (Å²) < 4.78 is 10.1. The molecule has 22 heavy (non-hydrogen) atoms. The van der Waals surface area contributed by atoms with Gasteiger partial charge in [-0.05, 0) is 23.9 Å². The van der Waals surface area contributed by atoms with Crippen LogP contribution in [0, 0.1) is 0 Å². The number of methoxy groups -OCH3 is 2. The van der Waals surface area contributed by atoms with Crippen molar-refractivity contribution in [1.29, 1.82) is 0 Å². The van der Waals surface area contributed by atoms with E-state index in [0.717, 1.165) is 11.8 Å². The minimum absolute atomic E-state index is 0. The average Bonchev–Trinajstić information content (AvgIpc) is 2.46. The molecule has 0 unspecified atom stereocenters. The number of carbonyl (C=O) groups is 1. The minimum Gasteiger partial charge on any atom is -0.545 e. The summed E-state index contributed by atoms with van der Waals surface area (Å²) in [6.07, 6.45) is 0. The van der Waals surface area contributed by atoms with Crippen molar-refractivity contribution < 1.29 is 48.9 Å². The quantitative estimate of drug-likeness (QED) is 0.489. The van der Waals surface area contributed by atoms with Gasteiger partial charge < -0.3 is 19.4 Å². The number of carbonyl (C=O) groups excluding carboxylic acids is 1. The first-order chi connectivity index (χ1) is 10.0. The first-order valence-electron chi connectivity index (χ1n) is 5.70. The summed E-state index contributed by atoms with van der Waals surface area (Å²) in [7, 11) is 2.92. The van der Waals surface area contributed by atoms with E-state index in [2.05, 4.69) is 9.97 Å². The molecule has 2 aromatic rings. The van der Waals surface area contributed by atoms with Crippen LogP contribution >= 0.6 is 23.4 Å². The molecule has 0 bridgehead atoms. The van der Waals surface area contributed by atoms with E-state index in [1.54, 1.807) is 12.1 Å². The third-order valence-corrected chi connectivity index (χ3v) is 3.70. The molecule has 0 atom stereocenters. The SMILES string of the molecule is COc1cc(OC)nc(Sc2cccc(Cl)c2C(=O)[O-])n1.[Na+]. The van der Waals surface area contributed by atoms with Crippen molar-refractivity contribution in [2.24, 2.45) is 0 Å². The predicted molar refractivity (Wildman–Crippen MR) is 75.0 cm³/mol. The second-order valence-electron chi connectivity index (χ2n) is 3.74. The molecule has 1 heterocycles. The standard InChI is InChI=1S/C13H11ClN2O4S.Na/c1-19-9-6-10(20-2)16-13(15-9)21-8-5-3-4-7(14)11(8)12(17)18;/h3-6H,1-2H3,(H,17,18);/q;+1/p-1. The number of benzene rings is 1. The molecule has 0 saturated heterocycles. The van der Waals surface area contributed by atoms with Gasteiger partial charge in [0.15, 0.2) is 5.16 Å². The van der Waals surface area contributed by atoms with Gasteiger partial charge in [0.2, 0.25) is 11.8 Å². The number of carboxylic acid groups (broad SMARTS) is 1. The first kappa shape index (κ1) is 19.1. The van der Waals surface area contributed by atoms with E-state index in [1.807, 2.05) is 0 Å². The van der Waals surface area contributed by atoms with Crippen LogP contribution in [0.3, 0.4) is 0 Å². The van der Waals surface area contributed by atoms with E-state index in [4.69, 9.17) is 21.1 Å². The molecule has 0 fully saturated rings. The van der Waals surface area contributed by atoms with Crippen molar-refractivity contribution in [3.8, 4) is 11.8 Å². The summed E-state index contributed by atoms with van der Waals surface area (Å²) in [5, 5.41) is 11.5. The van der Waals surface area contributed by atoms with Crippen molar-refractivity contribution in [2.75, 3.05) is 14.2 Å². The molecule has 9 heteroatoms. The Labute approximate surface area is 158 Å². The molecule has 0 aliphatic rings. The number of hydrogen-bond acceptors (Lipinski definition) is 7. The van der Waals surface area contributed by atoms with Crippen LogP contribution in [0.1, 0.15) is 10.4 Å². The third-order valence-electron chi connectivity index (χ3n) is 2.46. The van der Waals surface area contributed by atoms with Gasteiger partial charge in [-0.15, -0.1) is 0 Å². The number of carboxylic acids is 1. The fourth-order valence-electron chi connectivity index (χ4n) is 1.52. The van der Waals surface area contributed by atoms with Gasteiger partial charge in [0.1, 0.15) is 0 Å². The van der Waals surface area contributed by atoms with Gasteiger partial charge in [-0.25, -0.2) is 0 Å². The second kappa shape index (κ2) is 8.59. The molecule has 1 aromatic carbocycles. The molecule has 2 rings (SSSR count). The number of aromatic carboxylic acids is 1. The summed E-state index contributed by atoms with van der Waals surface area (Å²) in [6, 6.07) is 6.22. The molecule has 0 amide bonds. The number of aromatic nitrogens is 2. The maximum atomic E-state index is 11.2. The van der Waals surface area contributed by atoms with Gasteiger partial charge in [-0.2, -0.15) is 9.97 Å². The van der Waals surface area contributed by atoms with Crippen molar-refractivity contribution in [2.45, 2.75) is 10.1 Å². The van der Waals surface area contributed by atoms with Gasteiger partial charge in [-0.1, -0.05) is 17.7 Å². The van der Waals surface area contributed by atoms with Crippen LogP contribution in [0.15, 0.2) is 34.3 Å². The Morgan fingerprint density at radius 2 is 1.82 bits per heavy atom. The zero-order chi connectivity index (χ0) is 15.4. The molecular weight excluding hydrogens is 339 g/mol. The normalized spacial score (nSPS) is 9.77. The van der Waals surface area contributed by atoms with Crippen LogP contribution in [-0.2, 0) is 0 Å². The Balaban J connectivity index is 0.00000242. The van der Waals surface area contributed by atoms with Crippen molar-refractivity contribution in [1.82, 2.24) is 9.97 Å². The van der Waals surface area contributed by atoms with Crippen molar-refractivity contribution in [3.05, 3.63) is 34.9 Å². The Bertz CT molecular complexity index is 665. The molecule has 0 aliphatic carbocycles. The molecule has 1 aromatic heterocycles. The molecule has 6 nitrogen and oxygen atoms in total. The molecule has 0 spiro atoms. The average molecular weight is 349 g/mol. The molecule has 0 saturated carbocycles. The zero-order valence-corrected chi connectivity index (χ0v) is 15.7. The molecule has 0 radical (unpaired) electrons. The first-order valence-corrected chi connectivity index (χ1v) is 6.89. The van der Waals surface area contributed by atoms with Gasteiger partial charge in [0.05, 0.1) is 31.3 Å². The Morgan fingerprint density at radius 3 is 2.32 bits per heavy atom. The molecular formula is C13H10ClN2NaO4S. The van der Waals surface area contributed by atoms with E-state index in [1.165, 1.54) is 26.4 Å². The van der Waals surface area contributed by atoms with E-state index >= 15 is 0 Å². The van der Waals surface area contributed by atoms with Gasteiger partial charge in [0, 0.05) is 10.5 Å². The predicted octanol–water partition coefficient (Wildman–Crippen LogP) is -1.33. The molecule has 0 N–H and O–H groups in total. The summed E-state index contributed by atoms with van der Waals surface area (Å²) in [5.41, 5.74) is -0.102. The van der Waals surface area contributed by atoms with Gasteiger partial charge in [0.25, 0.3) is 0 Å². The Morgan fingerprint density at radius 1 is 1.23 bits per heavy atom. The number of rotatable bonds is 5. The van der Waals surface area contributed by atoms with Gasteiger partial charge in [-0.3, -0.25) is 0 Å². The van der Waals surface area contributed by atoms with E-state index in [0.29, 0.717) is 16.7 Å². The van der Waals surface area contributed by atoms with Crippen molar-refractivity contribution in [3.63, 3.8) is 0 Å². The number of halogens is 1. The van der Waals surface area contributed by atoms with E-state index < -0.39 is 5.97 Å². The fourth-order valence-corrected chi connectivity index (χ4v) is 2.74. The summed E-state index contributed by atoms with van der Waals surface area (Å²) >= 11 is 6.91.